The molecule has 0 aromatic heterocycles. The number of amides is 2. The lowest BCUT2D eigenvalue weighted by molar-refractivity contribution is -0.170. The monoisotopic (exact) mass is 496 g/mol. The zero-order valence-electron chi connectivity index (χ0n) is 23.9. The molecule has 5 nitrogen and oxygen atoms in total. The van der Waals surface area contributed by atoms with Gasteiger partial charge in [-0.25, -0.2) is 0 Å². The van der Waals surface area contributed by atoms with E-state index in [2.05, 4.69) is 65.2 Å². The fraction of sp³-hybridized carbons (Fsp3) is 0.839. The third kappa shape index (κ3) is 3.22. The number of fused-ring (bicyclic) bond motifs is 7. The minimum Gasteiger partial charge on any atom is -0.359 e. The van der Waals surface area contributed by atoms with Crippen molar-refractivity contribution in [3.8, 4) is 0 Å². The molecule has 200 valence electrons. The van der Waals surface area contributed by atoms with Crippen LogP contribution >= 0.6 is 0 Å². The van der Waals surface area contributed by atoms with Crippen molar-refractivity contribution in [2.75, 3.05) is 7.05 Å². The van der Waals surface area contributed by atoms with Gasteiger partial charge in [-0.1, -0.05) is 40.2 Å². The van der Waals surface area contributed by atoms with Gasteiger partial charge < -0.3 is 10.6 Å². The van der Waals surface area contributed by atoms with E-state index in [1.165, 1.54) is 5.57 Å². The van der Waals surface area contributed by atoms with E-state index in [1.807, 2.05) is 0 Å². The lowest BCUT2D eigenvalue weighted by atomic mass is 9.35. The highest BCUT2D eigenvalue weighted by Crippen LogP contribution is 2.73. The van der Waals surface area contributed by atoms with Crippen LogP contribution in [0.3, 0.4) is 0 Å². The normalized spacial score (nSPS) is 49.8. The maximum Gasteiger partial charge on any atom is 0.225 e. The molecule has 2 N–H and O–H groups in total. The van der Waals surface area contributed by atoms with Gasteiger partial charge in [0.2, 0.25) is 11.8 Å². The van der Waals surface area contributed by atoms with Gasteiger partial charge in [0.05, 0.1) is 0 Å². The Morgan fingerprint density at radius 1 is 0.944 bits per heavy atom. The molecule has 0 spiro atoms. The Morgan fingerprint density at radius 2 is 1.61 bits per heavy atom. The van der Waals surface area contributed by atoms with Crippen LogP contribution in [0.4, 0.5) is 0 Å². The molecule has 36 heavy (non-hydrogen) atoms. The molecule has 5 aliphatic rings. The van der Waals surface area contributed by atoms with Gasteiger partial charge in [-0.3, -0.25) is 14.4 Å². The highest BCUT2D eigenvalue weighted by molar-refractivity contribution is 5.96. The van der Waals surface area contributed by atoms with E-state index in [-0.39, 0.29) is 68.0 Å². The first kappa shape index (κ1) is 26.0. The largest absolute Gasteiger partial charge is 0.359 e. The number of rotatable bonds is 1. The molecule has 5 heteroatoms. The maximum absolute atomic E-state index is 14.4. The summed E-state index contributed by atoms with van der Waals surface area (Å²) < 4.78 is 0. The number of allylic oxidation sites excluding steroid dienone is 2. The van der Waals surface area contributed by atoms with E-state index in [1.54, 1.807) is 7.05 Å². The van der Waals surface area contributed by atoms with Crippen LogP contribution in [-0.2, 0) is 14.4 Å². The molecule has 0 bridgehead atoms. The molecule has 1 aliphatic heterocycles. The van der Waals surface area contributed by atoms with Crippen molar-refractivity contribution in [3.05, 3.63) is 11.6 Å². The third-order valence-electron chi connectivity index (χ3n) is 12.8. The molecule has 2 amide bonds. The molecule has 3 saturated carbocycles. The molecule has 8 atom stereocenters. The van der Waals surface area contributed by atoms with Gasteiger partial charge in [0.25, 0.3) is 0 Å². The van der Waals surface area contributed by atoms with Crippen molar-refractivity contribution in [3.63, 3.8) is 0 Å². The number of ketones is 1. The molecule has 5 rings (SSSR count). The molecular weight excluding hydrogens is 448 g/mol. The topological polar surface area (TPSA) is 75.3 Å². The number of carbonyl (C=O) groups is 3. The Balaban J connectivity index is 1.62. The summed E-state index contributed by atoms with van der Waals surface area (Å²) in [5.41, 5.74) is 0.326. The standard InChI is InChI=1S/C31H48N2O3/c1-26(2)22-9-12-31(7)24(29(22,5)11-10-23(35)33-26)21(34)17-19-20-18-28(4,25(36)32-8)14-13-27(20,3)15-16-30(19,31)6/h17,20,22,24H,9-16,18H2,1-8H3,(H,32,36)(H,33,35)/t20-,22-,24+,27+,28-,29-,30+,31+/m0/s1. The summed E-state index contributed by atoms with van der Waals surface area (Å²) >= 11 is 0. The lowest BCUT2D eigenvalue weighted by Crippen LogP contribution is -2.66. The first-order valence-corrected chi connectivity index (χ1v) is 14.4. The molecule has 1 saturated heterocycles. The summed E-state index contributed by atoms with van der Waals surface area (Å²) in [7, 11) is 1.74. The third-order valence-corrected chi connectivity index (χ3v) is 12.8. The Bertz CT molecular complexity index is 1050. The first-order chi connectivity index (χ1) is 16.6. The fourth-order valence-electron chi connectivity index (χ4n) is 10.5. The predicted molar refractivity (Wildman–Crippen MR) is 142 cm³/mol. The van der Waals surface area contributed by atoms with Crippen molar-refractivity contribution >= 4 is 17.6 Å². The summed E-state index contributed by atoms with van der Waals surface area (Å²) in [6.07, 6.45) is 10.4. The molecule has 0 unspecified atom stereocenters. The van der Waals surface area contributed by atoms with E-state index in [0.717, 1.165) is 51.4 Å². The van der Waals surface area contributed by atoms with E-state index >= 15 is 0 Å². The Labute approximate surface area is 218 Å². The second-order valence-corrected chi connectivity index (χ2v) is 15.1. The van der Waals surface area contributed by atoms with Gasteiger partial charge in [-0.15, -0.1) is 0 Å². The zero-order chi connectivity index (χ0) is 26.5. The van der Waals surface area contributed by atoms with Crippen LogP contribution in [0.5, 0.6) is 0 Å². The van der Waals surface area contributed by atoms with Gasteiger partial charge in [0.1, 0.15) is 0 Å². The van der Waals surface area contributed by atoms with Gasteiger partial charge in [-0.05, 0) is 105 Å². The van der Waals surface area contributed by atoms with Crippen LogP contribution in [0.25, 0.3) is 0 Å². The molecule has 4 fully saturated rings. The molecule has 0 aromatic rings. The quantitative estimate of drug-likeness (QED) is 0.497. The molecule has 4 aliphatic carbocycles. The number of hydrogen-bond donors (Lipinski definition) is 2. The van der Waals surface area contributed by atoms with Gasteiger partial charge in [0, 0.05) is 30.3 Å². The minimum absolute atomic E-state index is 0.0709. The van der Waals surface area contributed by atoms with Crippen molar-refractivity contribution < 1.29 is 14.4 Å². The Morgan fingerprint density at radius 3 is 2.28 bits per heavy atom. The van der Waals surface area contributed by atoms with Crippen LogP contribution in [-0.4, -0.2) is 30.2 Å². The maximum atomic E-state index is 14.4. The lowest BCUT2D eigenvalue weighted by Gasteiger charge is -2.69. The summed E-state index contributed by atoms with van der Waals surface area (Å²) in [6, 6.07) is 0. The van der Waals surface area contributed by atoms with Crippen molar-refractivity contribution in [2.45, 2.75) is 112 Å². The average molecular weight is 497 g/mol. The second-order valence-electron chi connectivity index (χ2n) is 15.1. The van der Waals surface area contributed by atoms with Gasteiger partial charge >= 0.3 is 0 Å². The minimum atomic E-state index is -0.389. The van der Waals surface area contributed by atoms with Gasteiger partial charge in [0.15, 0.2) is 5.78 Å². The van der Waals surface area contributed by atoms with Crippen molar-refractivity contribution in [2.24, 2.45) is 44.8 Å². The number of nitrogens with one attached hydrogen (secondary N) is 2. The highest BCUT2D eigenvalue weighted by Gasteiger charge is 2.69. The van der Waals surface area contributed by atoms with E-state index in [4.69, 9.17) is 0 Å². The summed E-state index contributed by atoms with van der Waals surface area (Å²) in [5, 5.41) is 6.22. The molecule has 0 aromatic carbocycles. The molecule has 0 radical (unpaired) electrons. The van der Waals surface area contributed by atoms with Crippen LogP contribution in [0.15, 0.2) is 11.6 Å². The summed E-state index contributed by atoms with van der Waals surface area (Å²) in [6.45, 7) is 16.0. The zero-order valence-corrected chi connectivity index (χ0v) is 23.9. The summed E-state index contributed by atoms with van der Waals surface area (Å²) in [5.74, 6) is 0.980. The van der Waals surface area contributed by atoms with Crippen LogP contribution in [0.2, 0.25) is 0 Å². The Kier molecular flexibility index (Phi) is 5.55. The van der Waals surface area contributed by atoms with E-state index < -0.39 is 0 Å². The number of carbonyl (C=O) groups excluding carboxylic acids is 3. The average Bonchev–Trinajstić information content (AvgIpc) is 2.88. The number of hydrogen-bond acceptors (Lipinski definition) is 3. The highest BCUT2D eigenvalue weighted by atomic mass is 16.2. The second kappa shape index (κ2) is 7.69. The van der Waals surface area contributed by atoms with Crippen LogP contribution in [0.1, 0.15) is 106 Å². The van der Waals surface area contributed by atoms with Gasteiger partial charge in [-0.2, -0.15) is 0 Å². The predicted octanol–water partition coefficient (Wildman–Crippen LogP) is 5.58. The van der Waals surface area contributed by atoms with E-state index in [9.17, 15) is 14.4 Å². The van der Waals surface area contributed by atoms with Crippen LogP contribution < -0.4 is 10.6 Å². The fourth-order valence-corrected chi connectivity index (χ4v) is 10.5. The first-order valence-electron chi connectivity index (χ1n) is 14.4. The van der Waals surface area contributed by atoms with Crippen molar-refractivity contribution in [1.82, 2.24) is 10.6 Å². The smallest absolute Gasteiger partial charge is 0.225 e. The van der Waals surface area contributed by atoms with Crippen molar-refractivity contribution in [1.29, 1.82) is 0 Å². The Hall–Kier alpha value is -1.65. The summed E-state index contributed by atoms with van der Waals surface area (Å²) in [4.78, 5) is 40.0. The van der Waals surface area contributed by atoms with E-state index in [0.29, 0.717) is 6.42 Å². The molecular formula is C31H48N2O3. The SMILES string of the molecule is CNC(=O)[C@@]1(C)CC[C@]2(C)CC[C@]3(C)C(=CC(=O)[C@@H]4[C@@]5(C)CCC(=O)NC(C)(C)[C@@H]5CC[C@]43C)[C@@H]2C1. The molecule has 1 heterocycles. The van der Waals surface area contributed by atoms with Crippen LogP contribution in [0, 0.1) is 44.8 Å².